The Balaban J connectivity index is 0.000000335. The second-order valence-electron chi connectivity index (χ2n) is 7.25. The molecular weight excluding hydrogens is 452 g/mol. The van der Waals surface area contributed by atoms with Crippen LogP contribution in [-0.4, -0.2) is 58.8 Å². The number of benzene rings is 2. The summed E-state index contributed by atoms with van der Waals surface area (Å²) in [6.45, 7) is 7.88. The quantitative estimate of drug-likeness (QED) is 0.310. The molecule has 0 radical (unpaired) electrons. The van der Waals surface area contributed by atoms with Crippen LogP contribution in [0.25, 0.3) is 0 Å². The monoisotopic (exact) mass is 494 g/mol. The van der Waals surface area contributed by atoms with Crippen molar-refractivity contribution in [3.63, 3.8) is 0 Å². The maximum absolute atomic E-state index is 5.83. The number of hydrogen-bond acceptors (Lipinski definition) is 6. The molecule has 2 rings (SSSR count). The Morgan fingerprint density at radius 3 is 1.15 bits per heavy atom. The molecule has 0 unspecified atom stereocenters. The first-order chi connectivity index (χ1) is 16.0. The summed E-state index contributed by atoms with van der Waals surface area (Å²) in [6.07, 6.45) is 1.86. The van der Waals surface area contributed by atoms with E-state index >= 15 is 0 Å². The number of aryl methyl sites for hydroxylation is 2. The maximum Gasteiger partial charge on any atom is 0.501 e. The molecule has 6 nitrogen and oxygen atoms in total. The highest BCUT2D eigenvalue weighted by molar-refractivity contribution is 6.61. The van der Waals surface area contributed by atoms with Gasteiger partial charge in [-0.05, 0) is 44.7 Å². The van der Waals surface area contributed by atoms with Crippen molar-refractivity contribution in [2.75, 3.05) is 41.2 Å². The van der Waals surface area contributed by atoms with E-state index in [4.69, 9.17) is 26.6 Å². The predicted molar refractivity (Wildman–Crippen MR) is 137 cm³/mol. The van der Waals surface area contributed by atoms with Crippen molar-refractivity contribution in [3.8, 4) is 0 Å². The van der Waals surface area contributed by atoms with Gasteiger partial charge in [0.1, 0.15) is 0 Å². The lowest BCUT2D eigenvalue weighted by molar-refractivity contribution is 0.0714. The van der Waals surface area contributed by atoms with Crippen LogP contribution in [0.3, 0.4) is 0 Å². The van der Waals surface area contributed by atoms with Crippen LogP contribution in [-0.2, 0) is 39.4 Å². The minimum Gasteiger partial charge on any atom is -0.377 e. The van der Waals surface area contributed by atoms with Gasteiger partial charge < -0.3 is 26.6 Å². The molecule has 0 saturated heterocycles. The van der Waals surface area contributed by atoms with E-state index in [2.05, 4.69) is 36.4 Å². The first kappa shape index (κ1) is 29.7. The first-order valence-corrected chi connectivity index (χ1v) is 15.5. The Morgan fingerprint density at radius 2 is 0.848 bits per heavy atom. The smallest absolute Gasteiger partial charge is 0.377 e. The molecule has 0 aliphatic carbocycles. The highest BCUT2D eigenvalue weighted by Gasteiger charge is 2.39. The molecule has 2 aromatic rings. The van der Waals surface area contributed by atoms with Gasteiger partial charge in [0.25, 0.3) is 0 Å². The van der Waals surface area contributed by atoms with Crippen molar-refractivity contribution in [2.45, 2.75) is 45.7 Å². The Morgan fingerprint density at radius 1 is 0.515 bits per heavy atom. The van der Waals surface area contributed by atoms with Gasteiger partial charge in [0.05, 0.1) is 0 Å². The molecule has 33 heavy (non-hydrogen) atoms. The molecule has 0 N–H and O–H groups in total. The van der Waals surface area contributed by atoms with Crippen molar-refractivity contribution in [1.82, 2.24) is 0 Å². The fourth-order valence-corrected chi connectivity index (χ4v) is 7.75. The first-order valence-electron chi connectivity index (χ1n) is 11.7. The van der Waals surface area contributed by atoms with Gasteiger partial charge in [-0.25, -0.2) is 0 Å². The highest BCUT2D eigenvalue weighted by atomic mass is 28.4. The summed E-state index contributed by atoms with van der Waals surface area (Å²) in [5, 5.41) is 0. The van der Waals surface area contributed by atoms with Gasteiger partial charge in [-0.15, -0.1) is 0 Å². The third kappa shape index (κ3) is 11.1. The van der Waals surface area contributed by atoms with Crippen LogP contribution in [0, 0.1) is 0 Å². The van der Waals surface area contributed by atoms with E-state index in [1.165, 1.54) is 11.1 Å². The largest absolute Gasteiger partial charge is 0.501 e. The molecule has 0 aliphatic rings. The van der Waals surface area contributed by atoms with E-state index in [1.54, 1.807) is 21.3 Å². The summed E-state index contributed by atoms with van der Waals surface area (Å²) in [5.74, 6) is 0. The molecule has 0 fully saturated rings. The zero-order valence-electron chi connectivity index (χ0n) is 21.2. The Bertz CT molecular complexity index is 688. The van der Waals surface area contributed by atoms with Crippen LogP contribution in [0.5, 0.6) is 0 Å². The lowest BCUT2D eigenvalue weighted by atomic mass is 10.2. The second kappa shape index (κ2) is 17.1. The van der Waals surface area contributed by atoms with Crippen molar-refractivity contribution in [2.24, 2.45) is 0 Å². The Kier molecular flexibility index (Phi) is 15.4. The van der Waals surface area contributed by atoms with E-state index < -0.39 is 17.6 Å². The van der Waals surface area contributed by atoms with Crippen LogP contribution in [0.2, 0.25) is 12.1 Å². The van der Waals surface area contributed by atoms with Crippen molar-refractivity contribution in [3.05, 3.63) is 71.8 Å². The number of hydrogen-bond donors (Lipinski definition) is 0. The third-order valence-corrected chi connectivity index (χ3v) is 10.9. The Hall–Kier alpha value is -1.37. The summed E-state index contributed by atoms with van der Waals surface area (Å²) in [6, 6.07) is 22.3. The van der Waals surface area contributed by atoms with Crippen LogP contribution < -0.4 is 0 Å². The lowest BCUT2D eigenvalue weighted by Gasteiger charge is -2.28. The van der Waals surface area contributed by atoms with E-state index in [1.807, 2.05) is 45.0 Å². The maximum atomic E-state index is 5.83. The normalized spacial score (nSPS) is 11.7. The second-order valence-corrected chi connectivity index (χ2v) is 13.1. The average Bonchev–Trinajstić information content (AvgIpc) is 2.86. The van der Waals surface area contributed by atoms with E-state index in [0.717, 1.165) is 24.9 Å². The van der Waals surface area contributed by atoms with Gasteiger partial charge in [-0.3, -0.25) is 0 Å². The number of rotatable bonds is 15. The Labute approximate surface area is 202 Å². The topological polar surface area (TPSA) is 55.4 Å². The molecule has 186 valence electrons. The van der Waals surface area contributed by atoms with E-state index in [9.17, 15) is 0 Å². The SMILES string of the molecule is CCO[Si](CCc1ccccc1)(OCC)OCC.CO[Si](CCc1ccccc1)(OC)OC. The average molecular weight is 495 g/mol. The van der Waals surface area contributed by atoms with Gasteiger partial charge in [0.2, 0.25) is 0 Å². The zero-order chi connectivity index (χ0) is 24.4. The zero-order valence-corrected chi connectivity index (χ0v) is 23.2. The molecule has 0 aliphatic heterocycles. The predicted octanol–water partition coefficient (Wildman–Crippen LogP) is 5.38. The molecule has 8 heteroatoms. The summed E-state index contributed by atoms with van der Waals surface area (Å²) in [5.41, 5.74) is 2.58. The van der Waals surface area contributed by atoms with Crippen LogP contribution in [0.15, 0.2) is 60.7 Å². The van der Waals surface area contributed by atoms with Gasteiger partial charge in [0.15, 0.2) is 0 Å². The van der Waals surface area contributed by atoms with Gasteiger partial charge in [-0.2, -0.15) is 0 Å². The summed E-state index contributed by atoms with van der Waals surface area (Å²) < 4.78 is 33.5. The molecular formula is C25H42O6Si2. The lowest BCUT2D eigenvalue weighted by Crippen LogP contribution is -2.46. The van der Waals surface area contributed by atoms with Gasteiger partial charge in [-0.1, -0.05) is 60.7 Å². The van der Waals surface area contributed by atoms with Crippen molar-refractivity contribution in [1.29, 1.82) is 0 Å². The minimum atomic E-state index is -2.48. The molecule has 0 spiro atoms. The molecule has 0 atom stereocenters. The molecule has 0 heterocycles. The minimum absolute atomic E-state index is 0.640. The molecule has 2 aromatic carbocycles. The molecule has 0 saturated carbocycles. The van der Waals surface area contributed by atoms with Crippen LogP contribution in [0.4, 0.5) is 0 Å². The van der Waals surface area contributed by atoms with Crippen LogP contribution in [0.1, 0.15) is 31.9 Å². The van der Waals surface area contributed by atoms with Crippen molar-refractivity contribution >= 4 is 17.6 Å². The third-order valence-electron chi connectivity index (χ3n) is 5.15. The van der Waals surface area contributed by atoms with E-state index in [-0.39, 0.29) is 0 Å². The molecule has 0 amide bonds. The fraction of sp³-hybridized carbons (Fsp3) is 0.520. The summed E-state index contributed by atoms with van der Waals surface area (Å²) in [7, 11) is 0.0507. The van der Waals surface area contributed by atoms with Crippen molar-refractivity contribution < 1.29 is 26.6 Å². The summed E-state index contributed by atoms with van der Waals surface area (Å²) >= 11 is 0. The van der Waals surface area contributed by atoms with Crippen LogP contribution >= 0.6 is 0 Å². The van der Waals surface area contributed by atoms with Gasteiger partial charge >= 0.3 is 17.6 Å². The highest BCUT2D eigenvalue weighted by Crippen LogP contribution is 2.19. The van der Waals surface area contributed by atoms with Gasteiger partial charge in [0, 0.05) is 53.2 Å². The fourth-order valence-electron chi connectivity index (χ4n) is 3.44. The molecule has 0 bridgehead atoms. The molecule has 0 aromatic heterocycles. The standard InChI is InChI=1S/C14H24O3Si.C11H18O3Si/c1-4-15-18(16-5-2,17-6-3)13-12-14-10-8-7-9-11-14;1-12-15(13-2,14-3)10-9-11-7-5-4-6-8-11/h7-11H,4-6,12-13H2,1-3H3;4-8H,9-10H2,1-3H3. The summed E-state index contributed by atoms with van der Waals surface area (Å²) in [4.78, 5) is 0. The van der Waals surface area contributed by atoms with E-state index in [0.29, 0.717) is 19.8 Å².